The summed E-state index contributed by atoms with van der Waals surface area (Å²) < 4.78 is 38.9. The predicted molar refractivity (Wildman–Crippen MR) is 77.7 cm³/mol. The van der Waals surface area contributed by atoms with Gasteiger partial charge in [-0.1, -0.05) is 40.0 Å². The number of nitrogens with one attached hydrogen (secondary N) is 1. The molecule has 0 heterocycles. The van der Waals surface area contributed by atoms with Crippen molar-refractivity contribution in [2.75, 3.05) is 6.54 Å². The second-order valence-electron chi connectivity index (χ2n) is 6.22. The molecule has 0 amide bonds. The summed E-state index contributed by atoms with van der Waals surface area (Å²) in [5.74, 6) is -0.396. The van der Waals surface area contributed by atoms with Crippen LogP contribution >= 0.6 is 0 Å². The summed E-state index contributed by atoms with van der Waals surface area (Å²) in [7, 11) is 0. The summed E-state index contributed by atoms with van der Waals surface area (Å²) in [5.41, 5.74) is 0. The van der Waals surface area contributed by atoms with E-state index in [0.29, 0.717) is 18.8 Å². The molecule has 3 atom stereocenters. The first-order valence-electron chi connectivity index (χ1n) is 8.24. The average molecular weight is 293 g/mol. The van der Waals surface area contributed by atoms with Crippen LogP contribution in [0.2, 0.25) is 0 Å². The Morgan fingerprint density at radius 3 is 2.25 bits per heavy atom. The zero-order chi connectivity index (χ0) is 15.2. The molecule has 1 rings (SSSR count). The monoisotopic (exact) mass is 293 g/mol. The minimum atomic E-state index is -4.01. The Morgan fingerprint density at radius 1 is 1.10 bits per heavy atom. The van der Waals surface area contributed by atoms with Gasteiger partial charge in [0.15, 0.2) is 0 Å². The quantitative estimate of drug-likeness (QED) is 0.683. The fraction of sp³-hybridized carbons (Fsp3) is 1.00. The van der Waals surface area contributed by atoms with E-state index in [0.717, 1.165) is 38.6 Å². The van der Waals surface area contributed by atoms with Crippen LogP contribution in [0.25, 0.3) is 0 Å². The first-order valence-corrected chi connectivity index (χ1v) is 8.24. The van der Waals surface area contributed by atoms with E-state index in [-0.39, 0.29) is 12.0 Å². The molecule has 4 heteroatoms. The highest BCUT2D eigenvalue weighted by Gasteiger charge is 2.44. The van der Waals surface area contributed by atoms with Crippen LogP contribution in [-0.2, 0) is 0 Å². The van der Waals surface area contributed by atoms with Crippen molar-refractivity contribution in [3.63, 3.8) is 0 Å². The molecule has 0 saturated heterocycles. The molecule has 0 radical (unpaired) electrons. The maximum Gasteiger partial charge on any atom is 0.391 e. The van der Waals surface area contributed by atoms with Gasteiger partial charge in [0, 0.05) is 6.04 Å². The molecule has 0 spiro atoms. The van der Waals surface area contributed by atoms with E-state index in [1.807, 2.05) is 0 Å². The molecular weight excluding hydrogens is 263 g/mol. The number of hydrogen-bond acceptors (Lipinski definition) is 1. The molecule has 0 aromatic carbocycles. The van der Waals surface area contributed by atoms with Crippen LogP contribution < -0.4 is 5.32 Å². The molecule has 1 aliphatic carbocycles. The maximum atomic E-state index is 13.0. The molecule has 1 fully saturated rings. The number of halogens is 3. The summed E-state index contributed by atoms with van der Waals surface area (Å²) in [6.45, 7) is 7.32. The molecule has 1 N–H and O–H groups in total. The van der Waals surface area contributed by atoms with E-state index in [1.165, 1.54) is 0 Å². The Bertz CT molecular complexity index is 261. The minimum Gasteiger partial charge on any atom is -0.313 e. The lowest BCUT2D eigenvalue weighted by Crippen LogP contribution is -2.45. The Labute approximate surface area is 121 Å². The third kappa shape index (κ3) is 4.94. The zero-order valence-electron chi connectivity index (χ0n) is 13.1. The van der Waals surface area contributed by atoms with Crippen LogP contribution in [0.1, 0.15) is 65.7 Å². The van der Waals surface area contributed by atoms with Gasteiger partial charge in [0.2, 0.25) is 0 Å². The molecule has 3 unspecified atom stereocenters. The first-order chi connectivity index (χ1) is 9.43. The first kappa shape index (κ1) is 17.8. The molecule has 0 aromatic rings. The second-order valence-corrected chi connectivity index (χ2v) is 6.22. The molecule has 1 saturated carbocycles. The number of rotatable bonds is 7. The molecule has 0 bridgehead atoms. The van der Waals surface area contributed by atoms with Crippen molar-refractivity contribution in [3.8, 4) is 0 Å². The lowest BCUT2D eigenvalue weighted by molar-refractivity contribution is -0.187. The third-order valence-corrected chi connectivity index (χ3v) is 4.87. The summed E-state index contributed by atoms with van der Waals surface area (Å²) in [4.78, 5) is 0. The van der Waals surface area contributed by atoms with Crippen LogP contribution in [0.15, 0.2) is 0 Å². The van der Waals surface area contributed by atoms with E-state index >= 15 is 0 Å². The van der Waals surface area contributed by atoms with E-state index in [1.54, 1.807) is 0 Å². The van der Waals surface area contributed by atoms with Gasteiger partial charge in [-0.3, -0.25) is 0 Å². The molecule has 120 valence electrons. The summed E-state index contributed by atoms with van der Waals surface area (Å²) >= 11 is 0. The largest absolute Gasteiger partial charge is 0.391 e. The van der Waals surface area contributed by atoms with Crippen molar-refractivity contribution in [2.24, 2.45) is 17.8 Å². The third-order valence-electron chi connectivity index (χ3n) is 4.87. The van der Waals surface area contributed by atoms with Gasteiger partial charge >= 0.3 is 6.18 Å². The van der Waals surface area contributed by atoms with E-state index in [4.69, 9.17) is 0 Å². The Morgan fingerprint density at radius 2 is 1.75 bits per heavy atom. The van der Waals surface area contributed by atoms with Crippen molar-refractivity contribution in [2.45, 2.75) is 77.9 Å². The van der Waals surface area contributed by atoms with Crippen LogP contribution in [0.4, 0.5) is 13.2 Å². The minimum absolute atomic E-state index is 0.187. The number of hydrogen-bond donors (Lipinski definition) is 1. The Balaban J connectivity index is 2.73. The van der Waals surface area contributed by atoms with Crippen LogP contribution in [0.5, 0.6) is 0 Å². The standard InChI is InChI=1S/C16H30F3N/c1-4-10-20-15(12(5-2)6-3)13-8-7-9-14(11-13)16(17,18)19/h12-15,20H,4-11H2,1-3H3. The van der Waals surface area contributed by atoms with Crippen molar-refractivity contribution in [1.82, 2.24) is 5.32 Å². The zero-order valence-corrected chi connectivity index (χ0v) is 13.1. The molecule has 0 aromatic heterocycles. The summed E-state index contributed by atoms with van der Waals surface area (Å²) in [6.07, 6.45) is 1.43. The van der Waals surface area contributed by atoms with Crippen LogP contribution in [0, 0.1) is 17.8 Å². The highest BCUT2D eigenvalue weighted by Crippen LogP contribution is 2.42. The topological polar surface area (TPSA) is 12.0 Å². The van der Waals surface area contributed by atoms with Crippen molar-refractivity contribution in [1.29, 1.82) is 0 Å². The van der Waals surface area contributed by atoms with Crippen LogP contribution in [-0.4, -0.2) is 18.8 Å². The van der Waals surface area contributed by atoms with Gasteiger partial charge in [0.1, 0.15) is 0 Å². The highest BCUT2D eigenvalue weighted by atomic mass is 19.4. The number of alkyl halides is 3. The van der Waals surface area contributed by atoms with Gasteiger partial charge in [0.05, 0.1) is 5.92 Å². The molecular formula is C16H30F3N. The molecule has 0 aliphatic heterocycles. The van der Waals surface area contributed by atoms with Gasteiger partial charge < -0.3 is 5.32 Å². The maximum absolute atomic E-state index is 13.0. The fourth-order valence-corrected chi connectivity index (χ4v) is 3.68. The van der Waals surface area contributed by atoms with Crippen LogP contribution in [0.3, 0.4) is 0 Å². The lowest BCUT2D eigenvalue weighted by atomic mass is 9.73. The molecule has 1 nitrogen and oxygen atoms in total. The van der Waals surface area contributed by atoms with Crippen molar-refractivity contribution in [3.05, 3.63) is 0 Å². The van der Waals surface area contributed by atoms with E-state index in [2.05, 4.69) is 26.1 Å². The summed E-state index contributed by atoms with van der Waals surface area (Å²) in [5, 5.41) is 3.55. The van der Waals surface area contributed by atoms with Crippen molar-refractivity contribution >= 4 is 0 Å². The SMILES string of the molecule is CCCNC(C(CC)CC)C1CCCC(C(F)(F)F)C1. The summed E-state index contributed by atoms with van der Waals surface area (Å²) in [6, 6.07) is 0.259. The molecule has 1 aliphatic rings. The smallest absolute Gasteiger partial charge is 0.313 e. The predicted octanol–water partition coefficient (Wildman–Crippen LogP) is 5.16. The second kappa shape index (κ2) is 8.26. The van der Waals surface area contributed by atoms with Gasteiger partial charge in [-0.15, -0.1) is 0 Å². The van der Waals surface area contributed by atoms with Crippen molar-refractivity contribution < 1.29 is 13.2 Å². The van der Waals surface area contributed by atoms with Gasteiger partial charge in [0.25, 0.3) is 0 Å². The highest BCUT2D eigenvalue weighted by molar-refractivity contribution is 4.88. The van der Waals surface area contributed by atoms with Gasteiger partial charge in [-0.05, 0) is 44.1 Å². The lowest BCUT2D eigenvalue weighted by Gasteiger charge is -2.39. The average Bonchev–Trinajstić information content (AvgIpc) is 2.42. The fourth-order valence-electron chi connectivity index (χ4n) is 3.68. The van der Waals surface area contributed by atoms with E-state index < -0.39 is 12.1 Å². The molecule has 20 heavy (non-hydrogen) atoms. The Hall–Kier alpha value is -0.250. The van der Waals surface area contributed by atoms with Gasteiger partial charge in [-0.25, -0.2) is 0 Å². The van der Waals surface area contributed by atoms with Gasteiger partial charge in [-0.2, -0.15) is 13.2 Å². The van der Waals surface area contributed by atoms with E-state index in [9.17, 15) is 13.2 Å². The Kier molecular flexibility index (Phi) is 7.35. The normalized spacial score (nSPS) is 25.9.